The second-order valence-corrected chi connectivity index (χ2v) is 21.2. The molecule has 0 atom stereocenters. The van der Waals surface area contributed by atoms with Gasteiger partial charge in [0.1, 0.15) is 0 Å². The summed E-state index contributed by atoms with van der Waals surface area (Å²) in [4.78, 5) is 2.63. The molecular weight excluding hydrogens is 819 g/mol. The quantitative estimate of drug-likeness (QED) is 0.154. The normalized spacial score (nSPS) is 21.9. The highest BCUT2D eigenvalue weighted by Gasteiger charge is 2.61. The summed E-state index contributed by atoms with van der Waals surface area (Å²) >= 11 is 0. The zero-order chi connectivity index (χ0) is 45.1. The van der Waals surface area contributed by atoms with Gasteiger partial charge in [-0.1, -0.05) is 202 Å². The van der Waals surface area contributed by atoms with E-state index < -0.39 is 0 Å². The lowest BCUT2D eigenvalue weighted by Gasteiger charge is -2.61. The van der Waals surface area contributed by atoms with Crippen molar-refractivity contribution in [2.24, 2.45) is 23.7 Å². The monoisotopic (exact) mass is 873 g/mol. The molecule has 0 aliphatic heterocycles. The Morgan fingerprint density at radius 2 is 0.779 bits per heavy atom. The summed E-state index contributed by atoms with van der Waals surface area (Å²) in [6, 6.07) is 80.5. The van der Waals surface area contributed by atoms with Gasteiger partial charge in [0.15, 0.2) is 0 Å². The van der Waals surface area contributed by atoms with E-state index in [4.69, 9.17) is 0 Å². The third-order valence-corrected chi connectivity index (χ3v) is 17.5. The van der Waals surface area contributed by atoms with Crippen molar-refractivity contribution in [3.8, 4) is 66.8 Å². The second-order valence-electron chi connectivity index (χ2n) is 21.2. The number of hydrogen-bond acceptors (Lipinski definition) is 1. The summed E-state index contributed by atoms with van der Waals surface area (Å²) in [5, 5.41) is 0. The highest BCUT2D eigenvalue weighted by Crippen LogP contribution is 2.70. The van der Waals surface area contributed by atoms with E-state index in [1.807, 2.05) is 0 Å². The molecular formula is C67H55N. The van der Waals surface area contributed by atoms with Gasteiger partial charge >= 0.3 is 0 Å². The third-order valence-electron chi connectivity index (χ3n) is 17.5. The number of hydrogen-bond donors (Lipinski definition) is 0. The molecule has 0 saturated heterocycles. The van der Waals surface area contributed by atoms with Crippen molar-refractivity contribution in [2.45, 2.75) is 56.8 Å². The van der Waals surface area contributed by atoms with E-state index in [0.29, 0.717) is 11.8 Å². The molecule has 4 fully saturated rings. The fourth-order valence-corrected chi connectivity index (χ4v) is 14.9. The zero-order valence-corrected chi connectivity index (χ0v) is 39.0. The van der Waals surface area contributed by atoms with Crippen LogP contribution >= 0.6 is 0 Å². The first-order valence-corrected chi connectivity index (χ1v) is 25.2. The molecule has 9 aromatic rings. The molecule has 0 N–H and O–H groups in total. The van der Waals surface area contributed by atoms with Gasteiger partial charge in [-0.25, -0.2) is 0 Å². The van der Waals surface area contributed by atoms with Crippen LogP contribution in [0.5, 0.6) is 0 Å². The highest BCUT2D eigenvalue weighted by atomic mass is 15.1. The van der Waals surface area contributed by atoms with Crippen LogP contribution in [0.1, 0.15) is 68.2 Å². The Morgan fingerprint density at radius 3 is 1.41 bits per heavy atom. The van der Waals surface area contributed by atoms with E-state index >= 15 is 0 Å². The standard InChI is InChI=1S/C67H55N/c1-66(2)60-23-10-6-19-55(60)58-21-14-22-59(65(58)66)57-20-9-13-26-64(57)68(52-35-36-56-54-18-7-11-24-61(54)67(62(56)42-52)50-38-43-37-44(40-50)41-51(67)39-43)63-25-12-8-17-53(63)49-33-31-48(32-34-49)47-29-27-46(28-30-47)45-15-4-3-5-16-45/h3-36,42-44,50-51H,37-41H2,1-2H3. The summed E-state index contributed by atoms with van der Waals surface area (Å²) < 4.78 is 0. The molecule has 0 aromatic heterocycles. The first kappa shape index (κ1) is 39.9. The Bertz CT molecular complexity index is 3400. The first-order chi connectivity index (χ1) is 33.4. The lowest BCUT2D eigenvalue weighted by molar-refractivity contribution is -0.0399. The second kappa shape index (κ2) is 15.1. The van der Waals surface area contributed by atoms with E-state index in [9.17, 15) is 0 Å². The van der Waals surface area contributed by atoms with Crippen molar-refractivity contribution in [3.63, 3.8) is 0 Å². The summed E-state index contributed by atoms with van der Waals surface area (Å²) in [6.07, 6.45) is 6.91. The maximum absolute atomic E-state index is 2.67. The summed E-state index contributed by atoms with van der Waals surface area (Å²) in [5.41, 5.74) is 25.0. The van der Waals surface area contributed by atoms with Gasteiger partial charge in [0.05, 0.1) is 11.4 Å². The molecule has 1 nitrogen and oxygen atoms in total. The van der Waals surface area contributed by atoms with E-state index in [-0.39, 0.29) is 10.8 Å². The molecule has 328 valence electrons. The molecule has 9 aromatic carbocycles. The van der Waals surface area contributed by atoms with Gasteiger partial charge in [0, 0.05) is 27.6 Å². The van der Waals surface area contributed by atoms with Crippen LogP contribution in [-0.4, -0.2) is 0 Å². The Hall–Kier alpha value is -7.22. The number of anilines is 3. The van der Waals surface area contributed by atoms with Crippen LogP contribution < -0.4 is 4.90 Å². The van der Waals surface area contributed by atoms with Crippen LogP contribution in [0.3, 0.4) is 0 Å². The minimum Gasteiger partial charge on any atom is -0.309 e. The fourth-order valence-electron chi connectivity index (χ4n) is 14.9. The average Bonchev–Trinajstić information content (AvgIpc) is 3.81. The van der Waals surface area contributed by atoms with E-state index in [0.717, 1.165) is 11.8 Å². The maximum Gasteiger partial charge on any atom is 0.0540 e. The number of para-hydroxylation sites is 2. The molecule has 0 radical (unpaired) electrons. The maximum atomic E-state index is 2.67. The van der Waals surface area contributed by atoms with Gasteiger partial charge in [-0.15, -0.1) is 0 Å². The van der Waals surface area contributed by atoms with Gasteiger partial charge in [0.25, 0.3) is 0 Å². The molecule has 0 unspecified atom stereocenters. The fraction of sp³-hybridized carbons (Fsp3) is 0.194. The molecule has 68 heavy (non-hydrogen) atoms. The highest BCUT2D eigenvalue weighted by molar-refractivity contribution is 5.98. The van der Waals surface area contributed by atoms with Crippen LogP contribution in [0.2, 0.25) is 0 Å². The van der Waals surface area contributed by atoms with Crippen molar-refractivity contribution >= 4 is 17.1 Å². The van der Waals surface area contributed by atoms with Crippen molar-refractivity contribution in [1.29, 1.82) is 0 Å². The first-order valence-electron chi connectivity index (χ1n) is 25.2. The van der Waals surface area contributed by atoms with Gasteiger partial charge in [-0.3, -0.25) is 0 Å². The Balaban J connectivity index is 0.952. The molecule has 1 heteroatoms. The molecule has 1 spiro atoms. The molecule has 0 amide bonds. The Kier molecular flexibility index (Phi) is 8.89. The number of nitrogens with zero attached hydrogens (tertiary/aromatic N) is 1. The average molecular weight is 874 g/mol. The van der Waals surface area contributed by atoms with Crippen LogP contribution in [0.4, 0.5) is 17.1 Å². The molecule has 15 rings (SSSR count). The van der Waals surface area contributed by atoms with E-state index in [2.05, 4.69) is 231 Å². The third kappa shape index (κ3) is 5.81. The van der Waals surface area contributed by atoms with Crippen LogP contribution in [0, 0.1) is 23.7 Å². The Morgan fingerprint density at radius 1 is 0.338 bits per heavy atom. The lowest BCUT2D eigenvalue weighted by atomic mass is 9.43. The van der Waals surface area contributed by atoms with Gasteiger partial charge in [-0.05, 0) is 158 Å². The zero-order valence-electron chi connectivity index (χ0n) is 39.0. The van der Waals surface area contributed by atoms with Gasteiger partial charge < -0.3 is 4.90 Å². The molecule has 6 aliphatic rings. The summed E-state index contributed by atoms with van der Waals surface area (Å²) in [7, 11) is 0. The number of fused-ring (bicyclic) bond motifs is 6. The number of benzene rings is 9. The van der Waals surface area contributed by atoms with E-state index in [1.165, 1.54) is 127 Å². The summed E-state index contributed by atoms with van der Waals surface area (Å²) in [6.45, 7) is 4.83. The minimum absolute atomic E-state index is 0.0608. The lowest BCUT2D eigenvalue weighted by Crippen LogP contribution is -2.55. The van der Waals surface area contributed by atoms with Crippen LogP contribution in [0.15, 0.2) is 212 Å². The van der Waals surface area contributed by atoms with E-state index in [1.54, 1.807) is 11.1 Å². The van der Waals surface area contributed by atoms with Gasteiger partial charge in [0.2, 0.25) is 0 Å². The van der Waals surface area contributed by atoms with Crippen molar-refractivity contribution < 1.29 is 0 Å². The van der Waals surface area contributed by atoms with Crippen LogP contribution in [-0.2, 0) is 10.8 Å². The summed E-state index contributed by atoms with van der Waals surface area (Å²) in [5.74, 6) is 3.16. The predicted octanol–water partition coefficient (Wildman–Crippen LogP) is 17.9. The molecule has 0 heterocycles. The van der Waals surface area contributed by atoms with Crippen molar-refractivity contribution in [3.05, 3.63) is 235 Å². The van der Waals surface area contributed by atoms with Crippen molar-refractivity contribution in [2.75, 3.05) is 4.90 Å². The smallest absolute Gasteiger partial charge is 0.0540 e. The van der Waals surface area contributed by atoms with Gasteiger partial charge in [-0.2, -0.15) is 0 Å². The minimum atomic E-state index is -0.160. The van der Waals surface area contributed by atoms with Crippen LogP contribution in [0.25, 0.3) is 66.8 Å². The topological polar surface area (TPSA) is 3.24 Å². The predicted molar refractivity (Wildman–Crippen MR) is 284 cm³/mol. The number of rotatable bonds is 7. The SMILES string of the molecule is CC1(C)c2ccccc2-c2cccc(-c3ccccc3N(c3ccc4c(c3)C3(c5ccccc5-4)C4CC5CC(C4)CC3C5)c3ccccc3-c3ccc(-c4ccc(-c5ccccc5)cc4)cc3)c21. The largest absolute Gasteiger partial charge is 0.309 e. The Labute approximate surface area is 401 Å². The molecule has 6 aliphatic carbocycles. The van der Waals surface area contributed by atoms with Crippen molar-refractivity contribution in [1.82, 2.24) is 0 Å². The molecule has 4 saturated carbocycles. The molecule has 4 bridgehead atoms.